The molecule has 2 aromatic carbocycles. The van der Waals surface area contributed by atoms with Crippen molar-refractivity contribution >= 4 is 17.9 Å². The second kappa shape index (κ2) is 7.79. The Morgan fingerprint density at radius 1 is 1.04 bits per heavy atom. The molecular formula is C18H18N2O3. The van der Waals surface area contributed by atoms with Gasteiger partial charge in [-0.15, -0.1) is 0 Å². The van der Waals surface area contributed by atoms with Gasteiger partial charge in [0, 0.05) is 11.6 Å². The zero-order valence-electron chi connectivity index (χ0n) is 13.0. The van der Waals surface area contributed by atoms with E-state index in [-0.39, 0.29) is 5.91 Å². The molecule has 23 heavy (non-hydrogen) atoms. The second-order valence-corrected chi connectivity index (χ2v) is 4.92. The monoisotopic (exact) mass is 310 g/mol. The van der Waals surface area contributed by atoms with Crippen molar-refractivity contribution in [2.75, 3.05) is 7.11 Å². The molecule has 0 aromatic heterocycles. The van der Waals surface area contributed by atoms with Gasteiger partial charge in [0.05, 0.1) is 7.11 Å². The van der Waals surface area contributed by atoms with Crippen LogP contribution >= 0.6 is 0 Å². The van der Waals surface area contributed by atoms with Gasteiger partial charge < -0.3 is 4.74 Å². The van der Waals surface area contributed by atoms with Crippen molar-refractivity contribution < 1.29 is 14.3 Å². The summed E-state index contributed by atoms with van der Waals surface area (Å²) in [6.45, 7) is 1.90. The predicted molar refractivity (Wildman–Crippen MR) is 88.8 cm³/mol. The Labute approximate surface area is 134 Å². The van der Waals surface area contributed by atoms with Crippen molar-refractivity contribution in [3.63, 3.8) is 0 Å². The van der Waals surface area contributed by atoms with Crippen LogP contribution in [0.3, 0.4) is 0 Å². The van der Waals surface area contributed by atoms with Crippen LogP contribution in [-0.2, 0) is 4.79 Å². The van der Waals surface area contributed by atoms with Gasteiger partial charge >= 0.3 is 0 Å². The van der Waals surface area contributed by atoms with E-state index >= 15 is 0 Å². The molecule has 2 amide bonds. The van der Waals surface area contributed by atoms with E-state index in [2.05, 4.69) is 10.9 Å². The van der Waals surface area contributed by atoms with Crippen LogP contribution in [0.2, 0.25) is 0 Å². The minimum Gasteiger partial charge on any atom is -0.497 e. The Morgan fingerprint density at radius 3 is 2.43 bits per heavy atom. The quantitative estimate of drug-likeness (QED) is 0.673. The summed E-state index contributed by atoms with van der Waals surface area (Å²) in [5.41, 5.74) is 7.03. The highest BCUT2D eigenvalue weighted by molar-refractivity contribution is 5.98. The summed E-state index contributed by atoms with van der Waals surface area (Å²) < 4.78 is 5.06. The number of benzene rings is 2. The molecule has 5 nitrogen and oxygen atoms in total. The minimum absolute atomic E-state index is 0.361. The highest BCUT2D eigenvalue weighted by atomic mass is 16.5. The summed E-state index contributed by atoms with van der Waals surface area (Å²) >= 11 is 0. The van der Waals surface area contributed by atoms with Crippen molar-refractivity contribution in [2.45, 2.75) is 6.92 Å². The van der Waals surface area contributed by atoms with Crippen LogP contribution in [0.25, 0.3) is 6.08 Å². The van der Waals surface area contributed by atoms with Gasteiger partial charge in [0.2, 0.25) is 0 Å². The summed E-state index contributed by atoms with van der Waals surface area (Å²) in [5, 5.41) is 0. The van der Waals surface area contributed by atoms with Crippen LogP contribution in [0, 0.1) is 6.92 Å². The number of amides is 2. The summed E-state index contributed by atoms with van der Waals surface area (Å²) in [7, 11) is 1.59. The molecule has 0 spiro atoms. The van der Waals surface area contributed by atoms with E-state index in [1.807, 2.05) is 25.1 Å². The lowest BCUT2D eigenvalue weighted by atomic mass is 10.1. The molecule has 0 aliphatic carbocycles. The maximum Gasteiger partial charge on any atom is 0.269 e. The standard InChI is InChI=1S/C18H18N2O3/c1-13-4-3-5-15(12-13)18(22)20-19-17(21)11-8-14-6-9-16(23-2)10-7-14/h3-12H,1-2H3,(H,19,21)(H,20,22)/b11-8+. The lowest BCUT2D eigenvalue weighted by Gasteiger charge is -2.05. The molecule has 2 N–H and O–H groups in total. The predicted octanol–water partition coefficient (Wildman–Crippen LogP) is 2.48. The van der Waals surface area contributed by atoms with Gasteiger partial charge in [-0.25, -0.2) is 0 Å². The molecule has 2 rings (SSSR count). The smallest absolute Gasteiger partial charge is 0.269 e. The highest BCUT2D eigenvalue weighted by Crippen LogP contribution is 2.12. The number of carbonyl (C=O) groups excluding carboxylic acids is 2. The first-order valence-corrected chi connectivity index (χ1v) is 7.07. The first-order valence-electron chi connectivity index (χ1n) is 7.07. The number of hydrogen-bond acceptors (Lipinski definition) is 3. The lowest BCUT2D eigenvalue weighted by Crippen LogP contribution is -2.40. The Morgan fingerprint density at radius 2 is 1.78 bits per heavy atom. The third kappa shape index (κ3) is 5.00. The van der Waals surface area contributed by atoms with Gasteiger partial charge in [-0.05, 0) is 42.8 Å². The average Bonchev–Trinajstić information content (AvgIpc) is 2.58. The van der Waals surface area contributed by atoms with E-state index in [0.29, 0.717) is 5.56 Å². The summed E-state index contributed by atoms with van der Waals surface area (Å²) in [5.74, 6) is -0.0289. The van der Waals surface area contributed by atoms with Gasteiger partial charge in [-0.2, -0.15) is 0 Å². The summed E-state index contributed by atoms with van der Waals surface area (Å²) in [6.07, 6.45) is 2.99. The third-order valence-corrected chi connectivity index (χ3v) is 3.12. The summed E-state index contributed by atoms with van der Waals surface area (Å²) in [6, 6.07) is 14.4. The number of hydrazine groups is 1. The van der Waals surface area contributed by atoms with E-state index in [1.54, 1.807) is 43.5 Å². The van der Waals surface area contributed by atoms with Crippen molar-refractivity contribution in [1.82, 2.24) is 10.9 Å². The van der Waals surface area contributed by atoms with Crippen LogP contribution < -0.4 is 15.6 Å². The van der Waals surface area contributed by atoms with Gasteiger partial charge in [0.15, 0.2) is 0 Å². The molecule has 0 aliphatic heterocycles. The number of aryl methyl sites for hydroxylation is 1. The molecule has 0 unspecified atom stereocenters. The Bertz CT molecular complexity index is 721. The van der Waals surface area contributed by atoms with Crippen LogP contribution in [0.1, 0.15) is 21.5 Å². The van der Waals surface area contributed by atoms with Gasteiger partial charge in [-0.1, -0.05) is 29.8 Å². The maximum absolute atomic E-state index is 11.9. The lowest BCUT2D eigenvalue weighted by molar-refractivity contribution is -0.117. The zero-order valence-corrected chi connectivity index (χ0v) is 13.0. The first-order chi connectivity index (χ1) is 11.1. The number of carbonyl (C=O) groups is 2. The Balaban J connectivity index is 1.86. The fourth-order valence-corrected chi connectivity index (χ4v) is 1.91. The van der Waals surface area contributed by atoms with Gasteiger partial charge in [0.1, 0.15) is 5.75 Å². The Hall–Kier alpha value is -3.08. The van der Waals surface area contributed by atoms with Crippen molar-refractivity contribution in [3.8, 4) is 5.75 Å². The molecule has 118 valence electrons. The number of nitrogens with one attached hydrogen (secondary N) is 2. The van der Waals surface area contributed by atoms with Gasteiger partial charge in [-0.3, -0.25) is 20.4 Å². The normalized spacial score (nSPS) is 10.3. The van der Waals surface area contributed by atoms with E-state index in [1.165, 1.54) is 6.08 Å². The van der Waals surface area contributed by atoms with Crippen LogP contribution in [0.5, 0.6) is 5.75 Å². The topological polar surface area (TPSA) is 67.4 Å². The number of rotatable bonds is 4. The molecule has 0 atom stereocenters. The summed E-state index contributed by atoms with van der Waals surface area (Å²) in [4.78, 5) is 23.6. The number of methoxy groups -OCH3 is 1. The molecular weight excluding hydrogens is 292 g/mol. The molecule has 0 saturated carbocycles. The molecule has 0 radical (unpaired) electrons. The van der Waals surface area contributed by atoms with E-state index in [0.717, 1.165) is 16.9 Å². The SMILES string of the molecule is COc1ccc(/C=C/C(=O)NNC(=O)c2cccc(C)c2)cc1. The van der Waals surface area contributed by atoms with Crippen LogP contribution in [0.4, 0.5) is 0 Å². The van der Waals surface area contributed by atoms with Crippen LogP contribution in [0.15, 0.2) is 54.6 Å². The molecule has 0 aliphatic rings. The first kappa shape index (κ1) is 16.3. The van der Waals surface area contributed by atoms with Crippen molar-refractivity contribution in [3.05, 3.63) is 71.3 Å². The molecule has 0 bridgehead atoms. The molecule has 0 saturated heterocycles. The fraction of sp³-hybridized carbons (Fsp3) is 0.111. The zero-order chi connectivity index (χ0) is 16.7. The Kier molecular flexibility index (Phi) is 5.52. The third-order valence-electron chi connectivity index (χ3n) is 3.12. The average molecular weight is 310 g/mol. The van der Waals surface area contributed by atoms with Gasteiger partial charge in [0.25, 0.3) is 11.8 Å². The minimum atomic E-state index is -0.415. The molecule has 0 fully saturated rings. The van der Waals surface area contributed by atoms with Crippen molar-refractivity contribution in [2.24, 2.45) is 0 Å². The number of ether oxygens (including phenoxy) is 1. The van der Waals surface area contributed by atoms with Crippen LogP contribution in [-0.4, -0.2) is 18.9 Å². The fourth-order valence-electron chi connectivity index (χ4n) is 1.91. The van der Waals surface area contributed by atoms with E-state index < -0.39 is 5.91 Å². The molecule has 5 heteroatoms. The van der Waals surface area contributed by atoms with Crippen molar-refractivity contribution in [1.29, 1.82) is 0 Å². The maximum atomic E-state index is 11.9. The largest absolute Gasteiger partial charge is 0.497 e. The number of hydrogen-bond donors (Lipinski definition) is 2. The van der Waals surface area contributed by atoms with E-state index in [9.17, 15) is 9.59 Å². The highest BCUT2D eigenvalue weighted by Gasteiger charge is 2.05. The molecule has 0 heterocycles. The second-order valence-electron chi connectivity index (χ2n) is 4.92. The molecule has 2 aromatic rings. The van der Waals surface area contributed by atoms with E-state index in [4.69, 9.17) is 4.74 Å².